The predicted octanol–water partition coefficient (Wildman–Crippen LogP) is 4.19. The average Bonchev–Trinajstić information content (AvgIpc) is 2.67. The van der Waals surface area contributed by atoms with Gasteiger partial charge in [-0.05, 0) is 43.4 Å². The minimum absolute atomic E-state index is 0.0295. The Labute approximate surface area is 188 Å². The number of nitrogens with one attached hydrogen (secondary N) is 3. The van der Waals surface area contributed by atoms with Crippen molar-refractivity contribution in [1.82, 2.24) is 10.6 Å². The van der Waals surface area contributed by atoms with E-state index in [1.807, 2.05) is 6.92 Å². The highest BCUT2D eigenvalue weighted by Crippen LogP contribution is 2.29. The number of hydrogen-bond donors (Lipinski definition) is 3. The van der Waals surface area contributed by atoms with Gasteiger partial charge in [0.1, 0.15) is 6.17 Å². The van der Waals surface area contributed by atoms with Gasteiger partial charge in [-0.2, -0.15) is 0 Å². The highest BCUT2D eigenvalue weighted by atomic mass is 35.6. The molecular weight excluding hydrogens is 457 g/mol. The van der Waals surface area contributed by atoms with Crippen LogP contribution in [0.25, 0.3) is 0 Å². The second kappa shape index (κ2) is 10.1. The Kier molecular flexibility index (Phi) is 8.10. The zero-order chi connectivity index (χ0) is 21.6. The summed E-state index contributed by atoms with van der Waals surface area (Å²) in [5, 5.41) is 8.21. The number of hydrogen-bond acceptors (Lipinski definition) is 4. The van der Waals surface area contributed by atoms with Crippen molar-refractivity contribution in [2.24, 2.45) is 0 Å². The number of carbonyl (C=O) groups is 2. The molecule has 0 saturated carbocycles. The predicted molar refractivity (Wildman–Crippen MR) is 120 cm³/mol. The lowest BCUT2D eigenvalue weighted by molar-refractivity contribution is 0.0601. The fraction of sp³-hybridized carbons (Fsp3) is 0.211. The SMILES string of the molecule is COC(=O)c1ccccc1NC(=S)N[C@@H](NC(=O)c1ccc(C)cc1)C(Cl)(Cl)Cl. The first kappa shape index (κ1) is 23.2. The lowest BCUT2D eigenvalue weighted by Crippen LogP contribution is -2.56. The van der Waals surface area contributed by atoms with Gasteiger partial charge in [-0.1, -0.05) is 64.6 Å². The van der Waals surface area contributed by atoms with E-state index < -0.39 is 21.8 Å². The second-order valence-electron chi connectivity index (χ2n) is 5.95. The van der Waals surface area contributed by atoms with Crippen LogP contribution in [0.1, 0.15) is 26.3 Å². The molecule has 2 aromatic carbocycles. The van der Waals surface area contributed by atoms with Gasteiger partial charge in [0.25, 0.3) is 5.91 Å². The van der Waals surface area contributed by atoms with Crippen molar-refractivity contribution in [3.8, 4) is 0 Å². The summed E-state index contributed by atoms with van der Waals surface area (Å²) in [6.45, 7) is 1.91. The van der Waals surface area contributed by atoms with Crippen LogP contribution in [-0.4, -0.2) is 34.1 Å². The minimum atomic E-state index is -1.91. The first-order chi connectivity index (χ1) is 13.6. The maximum absolute atomic E-state index is 12.5. The summed E-state index contributed by atoms with van der Waals surface area (Å²) in [6, 6.07) is 13.5. The van der Waals surface area contributed by atoms with Crippen LogP contribution in [0.5, 0.6) is 0 Å². The Balaban J connectivity index is 2.13. The van der Waals surface area contributed by atoms with Crippen LogP contribution in [0, 0.1) is 6.92 Å². The molecule has 0 fully saturated rings. The standard InChI is InChI=1S/C19H18Cl3N3O3S/c1-11-7-9-12(10-8-11)15(26)24-17(19(20,21)22)25-18(29)23-14-6-4-3-5-13(14)16(27)28-2/h3-10,17H,1-2H3,(H,24,26)(H2,23,25,29)/t17-/m1/s1. The molecule has 0 unspecified atom stereocenters. The maximum Gasteiger partial charge on any atom is 0.339 e. The van der Waals surface area contributed by atoms with Crippen LogP contribution in [0.2, 0.25) is 0 Å². The first-order valence-corrected chi connectivity index (χ1v) is 9.85. The monoisotopic (exact) mass is 473 g/mol. The van der Waals surface area contributed by atoms with Gasteiger partial charge < -0.3 is 20.7 Å². The van der Waals surface area contributed by atoms with E-state index in [4.69, 9.17) is 51.8 Å². The highest BCUT2D eigenvalue weighted by molar-refractivity contribution is 7.80. The number of aryl methyl sites for hydroxylation is 1. The van der Waals surface area contributed by atoms with Crippen molar-refractivity contribution < 1.29 is 14.3 Å². The number of halogens is 3. The van der Waals surface area contributed by atoms with Gasteiger partial charge in [0, 0.05) is 5.56 Å². The number of rotatable bonds is 5. The molecule has 0 saturated heterocycles. The molecule has 0 spiro atoms. The number of anilines is 1. The molecule has 0 heterocycles. The molecule has 154 valence electrons. The Hall–Kier alpha value is -2.06. The molecule has 0 aromatic heterocycles. The quantitative estimate of drug-likeness (QED) is 0.261. The smallest absolute Gasteiger partial charge is 0.339 e. The van der Waals surface area contributed by atoms with E-state index in [0.29, 0.717) is 11.3 Å². The summed E-state index contributed by atoms with van der Waals surface area (Å²) in [5.74, 6) is -0.993. The fourth-order valence-electron chi connectivity index (χ4n) is 2.29. The van der Waals surface area contributed by atoms with E-state index in [-0.39, 0.29) is 10.7 Å². The van der Waals surface area contributed by atoms with Crippen LogP contribution in [0.15, 0.2) is 48.5 Å². The number of methoxy groups -OCH3 is 1. The molecule has 0 bridgehead atoms. The van der Waals surface area contributed by atoms with Gasteiger partial charge in [0.2, 0.25) is 3.79 Å². The lowest BCUT2D eigenvalue weighted by atomic mass is 10.1. The van der Waals surface area contributed by atoms with E-state index in [1.54, 1.807) is 48.5 Å². The zero-order valence-corrected chi connectivity index (χ0v) is 18.5. The third kappa shape index (κ3) is 6.75. The van der Waals surface area contributed by atoms with E-state index in [2.05, 4.69) is 16.0 Å². The molecule has 0 aliphatic rings. The Morgan fingerprint density at radius 3 is 2.24 bits per heavy atom. The van der Waals surface area contributed by atoms with E-state index >= 15 is 0 Å². The second-order valence-corrected chi connectivity index (χ2v) is 8.73. The molecule has 10 heteroatoms. The molecule has 0 aliphatic carbocycles. The highest BCUT2D eigenvalue weighted by Gasteiger charge is 2.35. The number of ether oxygens (including phenoxy) is 1. The Morgan fingerprint density at radius 1 is 1.03 bits per heavy atom. The van der Waals surface area contributed by atoms with Gasteiger partial charge in [0.05, 0.1) is 18.4 Å². The summed E-state index contributed by atoms with van der Waals surface area (Å²) >= 11 is 23.2. The minimum Gasteiger partial charge on any atom is -0.465 e. The molecule has 1 amide bonds. The third-order valence-corrected chi connectivity index (χ3v) is 4.65. The molecule has 0 radical (unpaired) electrons. The van der Waals surface area contributed by atoms with Gasteiger partial charge in [-0.3, -0.25) is 4.79 Å². The van der Waals surface area contributed by atoms with Crippen LogP contribution in [0.3, 0.4) is 0 Å². The van der Waals surface area contributed by atoms with Gasteiger partial charge in [0.15, 0.2) is 5.11 Å². The number of benzene rings is 2. The summed E-state index contributed by atoms with van der Waals surface area (Å²) in [6.07, 6.45) is -1.15. The maximum atomic E-state index is 12.5. The van der Waals surface area contributed by atoms with Crippen molar-refractivity contribution >= 4 is 69.7 Å². The Morgan fingerprint density at radius 2 is 1.66 bits per heavy atom. The average molecular weight is 475 g/mol. The first-order valence-electron chi connectivity index (χ1n) is 8.31. The molecule has 3 N–H and O–H groups in total. The number of esters is 1. The molecule has 1 atom stereocenters. The van der Waals surface area contributed by atoms with Crippen LogP contribution in [0.4, 0.5) is 5.69 Å². The van der Waals surface area contributed by atoms with E-state index in [1.165, 1.54) is 7.11 Å². The van der Waals surface area contributed by atoms with E-state index in [0.717, 1.165) is 5.56 Å². The third-order valence-electron chi connectivity index (χ3n) is 3.77. The van der Waals surface area contributed by atoms with Gasteiger partial charge >= 0.3 is 5.97 Å². The zero-order valence-electron chi connectivity index (χ0n) is 15.5. The Bertz CT molecular complexity index is 902. The van der Waals surface area contributed by atoms with Crippen LogP contribution < -0.4 is 16.0 Å². The van der Waals surface area contributed by atoms with Crippen LogP contribution >= 0.6 is 47.0 Å². The molecule has 6 nitrogen and oxygen atoms in total. The van der Waals surface area contributed by atoms with Crippen molar-refractivity contribution in [3.05, 3.63) is 65.2 Å². The van der Waals surface area contributed by atoms with Gasteiger partial charge in [-0.25, -0.2) is 4.79 Å². The largest absolute Gasteiger partial charge is 0.465 e. The molecular formula is C19H18Cl3N3O3S. The topological polar surface area (TPSA) is 79.5 Å². The van der Waals surface area contributed by atoms with Crippen LogP contribution in [-0.2, 0) is 4.74 Å². The van der Waals surface area contributed by atoms with Crippen molar-refractivity contribution in [2.45, 2.75) is 16.9 Å². The van der Waals surface area contributed by atoms with Crippen molar-refractivity contribution in [2.75, 3.05) is 12.4 Å². The molecule has 2 aromatic rings. The summed E-state index contributed by atoms with van der Waals surface area (Å²) in [5.41, 5.74) is 2.07. The summed E-state index contributed by atoms with van der Waals surface area (Å²) in [4.78, 5) is 24.4. The van der Waals surface area contributed by atoms with Crippen molar-refractivity contribution in [1.29, 1.82) is 0 Å². The summed E-state index contributed by atoms with van der Waals surface area (Å²) < 4.78 is 2.83. The normalized spacial score (nSPS) is 11.9. The number of alkyl halides is 3. The fourth-order valence-corrected chi connectivity index (χ4v) is 2.84. The molecule has 2 rings (SSSR count). The van der Waals surface area contributed by atoms with E-state index in [9.17, 15) is 9.59 Å². The summed E-state index contributed by atoms with van der Waals surface area (Å²) in [7, 11) is 1.27. The number of amides is 1. The number of carbonyl (C=O) groups excluding carboxylic acids is 2. The molecule has 29 heavy (non-hydrogen) atoms. The number of thiocarbonyl (C=S) groups is 1. The lowest BCUT2D eigenvalue weighted by Gasteiger charge is -2.28. The molecule has 0 aliphatic heterocycles. The van der Waals surface area contributed by atoms with Crippen molar-refractivity contribution in [3.63, 3.8) is 0 Å². The van der Waals surface area contributed by atoms with Gasteiger partial charge in [-0.15, -0.1) is 0 Å². The number of para-hydroxylation sites is 1.